The van der Waals surface area contributed by atoms with Gasteiger partial charge in [-0.2, -0.15) is 0 Å². The number of benzene rings is 3. The van der Waals surface area contributed by atoms with E-state index in [4.69, 9.17) is 5.73 Å². The monoisotopic (exact) mass is 466 g/mol. The van der Waals surface area contributed by atoms with Gasteiger partial charge < -0.3 is 15.4 Å². The van der Waals surface area contributed by atoms with Gasteiger partial charge in [0, 0.05) is 23.5 Å². The second-order valence-electron chi connectivity index (χ2n) is 9.11. The highest BCUT2D eigenvalue weighted by atomic mass is 16.3. The number of aromatic nitrogens is 1. The molecule has 4 nitrogen and oxygen atoms in total. The Morgan fingerprint density at radius 3 is 2.09 bits per heavy atom. The van der Waals surface area contributed by atoms with Crippen LogP contribution in [0.15, 0.2) is 78.9 Å². The third kappa shape index (κ3) is 5.48. The van der Waals surface area contributed by atoms with Crippen molar-refractivity contribution in [3.8, 4) is 28.0 Å². The number of phenolic OH excluding ortho intramolecular Hbond substituents is 1. The molecule has 180 valence electrons. The SMILES string of the molecule is CCCCCc1c(-c2ccc(-c3ccccc3)cc2)c(C(N)=O)c(C)n1CCc1ccc(O)cc1. The molecule has 0 fully saturated rings. The number of amides is 1. The first-order valence-electron chi connectivity index (χ1n) is 12.4. The molecule has 0 aliphatic rings. The Hall–Kier alpha value is -3.79. The van der Waals surface area contributed by atoms with E-state index in [-0.39, 0.29) is 11.7 Å². The van der Waals surface area contributed by atoms with E-state index in [0.29, 0.717) is 5.56 Å². The van der Waals surface area contributed by atoms with E-state index in [1.54, 1.807) is 12.1 Å². The fourth-order valence-corrected chi connectivity index (χ4v) is 4.88. The number of aromatic hydroxyl groups is 1. The van der Waals surface area contributed by atoms with Crippen LogP contribution in [0.2, 0.25) is 0 Å². The topological polar surface area (TPSA) is 68.2 Å². The molecule has 0 spiro atoms. The summed E-state index contributed by atoms with van der Waals surface area (Å²) >= 11 is 0. The van der Waals surface area contributed by atoms with Crippen LogP contribution >= 0.6 is 0 Å². The van der Waals surface area contributed by atoms with Crippen molar-refractivity contribution in [1.29, 1.82) is 0 Å². The quantitative estimate of drug-likeness (QED) is 0.249. The summed E-state index contributed by atoms with van der Waals surface area (Å²) < 4.78 is 2.28. The van der Waals surface area contributed by atoms with Crippen LogP contribution in [-0.2, 0) is 19.4 Å². The molecule has 0 radical (unpaired) electrons. The second kappa shape index (κ2) is 11.1. The number of unbranched alkanes of at least 4 members (excludes halogenated alkanes) is 2. The predicted octanol–water partition coefficient (Wildman–Crippen LogP) is 6.91. The van der Waals surface area contributed by atoms with Crippen molar-refractivity contribution in [3.05, 3.63) is 101 Å². The van der Waals surface area contributed by atoms with Gasteiger partial charge >= 0.3 is 0 Å². The second-order valence-corrected chi connectivity index (χ2v) is 9.11. The van der Waals surface area contributed by atoms with Crippen LogP contribution in [0.3, 0.4) is 0 Å². The number of hydrogen-bond acceptors (Lipinski definition) is 2. The molecule has 4 heteroatoms. The van der Waals surface area contributed by atoms with Crippen LogP contribution in [0.1, 0.15) is 53.5 Å². The van der Waals surface area contributed by atoms with Crippen molar-refractivity contribution < 1.29 is 9.90 Å². The number of carbonyl (C=O) groups excluding carboxylic acids is 1. The average molecular weight is 467 g/mol. The van der Waals surface area contributed by atoms with Gasteiger partial charge in [0.15, 0.2) is 0 Å². The van der Waals surface area contributed by atoms with Crippen molar-refractivity contribution >= 4 is 5.91 Å². The fourth-order valence-electron chi connectivity index (χ4n) is 4.88. The van der Waals surface area contributed by atoms with E-state index in [2.05, 4.69) is 47.9 Å². The standard InChI is InChI=1S/C31H34N2O2/c1-3-4-6-11-28-30(26-16-14-25(15-17-26)24-9-7-5-8-10-24)29(31(32)35)22(2)33(28)21-20-23-12-18-27(34)19-13-23/h5,7-10,12-19,34H,3-4,6,11,20-21H2,1-2H3,(H2,32,35). The van der Waals surface area contributed by atoms with E-state index in [9.17, 15) is 9.90 Å². The Bertz CT molecular complexity index is 1270. The van der Waals surface area contributed by atoms with Gasteiger partial charge in [-0.05, 0) is 60.6 Å². The maximum absolute atomic E-state index is 12.7. The van der Waals surface area contributed by atoms with E-state index in [1.807, 2.05) is 37.3 Å². The molecule has 3 aromatic carbocycles. The molecule has 4 aromatic rings. The number of hydrogen-bond donors (Lipinski definition) is 2. The van der Waals surface area contributed by atoms with Crippen LogP contribution in [0.25, 0.3) is 22.3 Å². The van der Waals surface area contributed by atoms with E-state index in [0.717, 1.165) is 66.6 Å². The van der Waals surface area contributed by atoms with Gasteiger partial charge in [-0.1, -0.05) is 86.5 Å². The molecule has 4 rings (SSSR count). The van der Waals surface area contributed by atoms with Gasteiger partial charge in [-0.15, -0.1) is 0 Å². The predicted molar refractivity (Wildman–Crippen MR) is 144 cm³/mol. The summed E-state index contributed by atoms with van der Waals surface area (Å²) in [4.78, 5) is 12.7. The van der Waals surface area contributed by atoms with Gasteiger partial charge in [-0.3, -0.25) is 4.79 Å². The molecule has 0 bridgehead atoms. The molecular weight excluding hydrogens is 432 g/mol. The van der Waals surface area contributed by atoms with Gasteiger partial charge in [-0.25, -0.2) is 0 Å². The minimum Gasteiger partial charge on any atom is -0.508 e. The minimum absolute atomic E-state index is 0.267. The lowest BCUT2D eigenvalue weighted by molar-refractivity contribution is 0.1000. The molecule has 0 saturated carbocycles. The fraction of sp³-hybridized carbons (Fsp3) is 0.258. The van der Waals surface area contributed by atoms with Crippen molar-refractivity contribution in [3.63, 3.8) is 0 Å². The zero-order chi connectivity index (χ0) is 24.8. The van der Waals surface area contributed by atoms with Crippen LogP contribution < -0.4 is 5.73 Å². The number of rotatable bonds is 10. The number of nitrogens with zero attached hydrogens (tertiary/aromatic N) is 1. The average Bonchev–Trinajstić information content (AvgIpc) is 3.16. The summed E-state index contributed by atoms with van der Waals surface area (Å²) in [6.07, 6.45) is 5.04. The van der Waals surface area contributed by atoms with Crippen LogP contribution in [0.4, 0.5) is 0 Å². The molecule has 1 aromatic heterocycles. The lowest BCUT2D eigenvalue weighted by atomic mass is 9.95. The first kappa shape index (κ1) is 24.3. The van der Waals surface area contributed by atoms with Crippen molar-refractivity contribution in [2.45, 2.75) is 52.5 Å². The summed E-state index contributed by atoms with van der Waals surface area (Å²) in [6, 6.07) is 26.1. The van der Waals surface area contributed by atoms with Crippen LogP contribution in [0.5, 0.6) is 5.75 Å². The van der Waals surface area contributed by atoms with Gasteiger partial charge in [0.2, 0.25) is 0 Å². The molecule has 0 saturated heterocycles. The Morgan fingerprint density at radius 1 is 0.829 bits per heavy atom. The van der Waals surface area contributed by atoms with E-state index in [1.165, 1.54) is 11.3 Å². The number of aryl methyl sites for hydroxylation is 1. The lowest BCUT2D eigenvalue weighted by Gasteiger charge is -2.14. The van der Waals surface area contributed by atoms with Crippen molar-refractivity contribution in [1.82, 2.24) is 4.57 Å². The number of carbonyl (C=O) groups is 1. The first-order chi connectivity index (χ1) is 17.0. The molecule has 1 heterocycles. The highest BCUT2D eigenvalue weighted by Crippen LogP contribution is 2.35. The van der Waals surface area contributed by atoms with Crippen molar-refractivity contribution in [2.24, 2.45) is 5.73 Å². The summed E-state index contributed by atoms with van der Waals surface area (Å²) in [7, 11) is 0. The van der Waals surface area contributed by atoms with Gasteiger partial charge in [0.25, 0.3) is 5.91 Å². The zero-order valence-electron chi connectivity index (χ0n) is 20.6. The molecular formula is C31H34N2O2. The van der Waals surface area contributed by atoms with Crippen LogP contribution in [0, 0.1) is 6.92 Å². The van der Waals surface area contributed by atoms with Gasteiger partial charge in [0.1, 0.15) is 5.75 Å². The third-order valence-corrected chi connectivity index (χ3v) is 6.74. The normalized spacial score (nSPS) is 11.0. The zero-order valence-corrected chi connectivity index (χ0v) is 20.6. The molecule has 0 atom stereocenters. The highest BCUT2D eigenvalue weighted by molar-refractivity contribution is 6.02. The minimum atomic E-state index is -0.384. The van der Waals surface area contributed by atoms with Crippen LogP contribution in [-0.4, -0.2) is 15.6 Å². The molecule has 0 aliphatic heterocycles. The molecule has 1 amide bonds. The van der Waals surface area contributed by atoms with Gasteiger partial charge in [0.05, 0.1) is 5.56 Å². The van der Waals surface area contributed by atoms with E-state index >= 15 is 0 Å². The summed E-state index contributed by atoms with van der Waals surface area (Å²) in [6.45, 7) is 4.95. The lowest BCUT2D eigenvalue weighted by Crippen LogP contribution is -2.14. The number of phenols is 1. The number of primary amides is 1. The molecule has 0 aliphatic carbocycles. The van der Waals surface area contributed by atoms with Crippen molar-refractivity contribution in [2.75, 3.05) is 0 Å². The Labute approximate surface area is 208 Å². The van der Waals surface area contributed by atoms with E-state index < -0.39 is 0 Å². The Kier molecular flexibility index (Phi) is 7.71. The molecule has 3 N–H and O–H groups in total. The number of nitrogens with two attached hydrogens (primary N) is 1. The molecule has 0 unspecified atom stereocenters. The maximum atomic E-state index is 12.7. The smallest absolute Gasteiger partial charge is 0.251 e. The first-order valence-corrected chi connectivity index (χ1v) is 12.4. The Morgan fingerprint density at radius 2 is 1.46 bits per heavy atom. The molecule has 35 heavy (non-hydrogen) atoms. The Balaban J connectivity index is 1.76. The maximum Gasteiger partial charge on any atom is 0.251 e. The third-order valence-electron chi connectivity index (χ3n) is 6.74. The highest BCUT2D eigenvalue weighted by Gasteiger charge is 2.24. The summed E-state index contributed by atoms with van der Waals surface area (Å²) in [5.74, 6) is -0.117. The largest absolute Gasteiger partial charge is 0.508 e. The summed E-state index contributed by atoms with van der Waals surface area (Å²) in [5.41, 5.74) is 14.1. The summed E-state index contributed by atoms with van der Waals surface area (Å²) in [5, 5.41) is 9.61.